The number of hydrogen-bond donors (Lipinski definition) is 0. The Labute approximate surface area is 90.2 Å². The maximum Gasteiger partial charge on any atom is 0.333 e. The fraction of sp³-hybridized carbons (Fsp3) is 0.636. The lowest BCUT2D eigenvalue weighted by Gasteiger charge is -2.10. The topological polar surface area (TPSA) is 52.6 Å². The van der Waals surface area contributed by atoms with E-state index in [1.807, 2.05) is 13.8 Å². The fourth-order valence-electron chi connectivity index (χ4n) is 0.717. The Morgan fingerprint density at radius 1 is 1.40 bits per heavy atom. The van der Waals surface area contributed by atoms with Gasteiger partial charge in [0.25, 0.3) is 0 Å². The van der Waals surface area contributed by atoms with Crippen LogP contribution in [0, 0.1) is 0 Å². The van der Waals surface area contributed by atoms with Crippen LogP contribution in [0.5, 0.6) is 0 Å². The molecule has 0 aliphatic heterocycles. The SMILES string of the molecule is C=C(C)C(=O)OCCC(=O)OC(C)CC. The van der Waals surface area contributed by atoms with Gasteiger partial charge in [-0.2, -0.15) is 0 Å². The first kappa shape index (κ1) is 13.7. The first-order chi connectivity index (χ1) is 6.97. The van der Waals surface area contributed by atoms with Crippen molar-refractivity contribution in [2.45, 2.75) is 39.7 Å². The van der Waals surface area contributed by atoms with Crippen molar-refractivity contribution in [2.24, 2.45) is 0 Å². The summed E-state index contributed by atoms with van der Waals surface area (Å²) in [5.41, 5.74) is 0.324. The number of hydrogen-bond acceptors (Lipinski definition) is 4. The predicted octanol–water partition coefficient (Wildman–Crippen LogP) is 1.84. The maximum absolute atomic E-state index is 11.1. The molecule has 15 heavy (non-hydrogen) atoms. The van der Waals surface area contributed by atoms with Gasteiger partial charge in [-0.05, 0) is 20.3 Å². The molecular formula is C11H18O4. The second-order valence-corrected chi connectivity index (χ2v) is 3.37. The second kappa shape index (κ2) is 7.04. The van der Waals surface area contributed by atoms with E-state index in [1.165, 1.54) is 0 Å². The third-order valence-electron chi connectivity index (χ3n) is 1.80. The highest BCUT2D eigenvalue weighted by Crippen LogP contribution is 2.00. The molecule has 0 radical (unpaired) electrons. The van der Waals surface area contributed by atoms with Gasteiger partial charge in [0.2, 0.25) is 0 Å². The van der Waals surface area contributed by atoms with Crippen molar-refractivity contribution in [2.75, 3.05) is 6.61 Å². The summed E-state index contributed by atoms with van der Waals surface area (Å²) >= 11 is 0. The van der Waals surface area contributed by atoms with Crippen LogP contribution in [-0.4, -0.2) is 24.6 Å². The van der Waals surface area contributed by atoms with E-state index in [0.717, 1.165) is 6.42 Å². The van der Waals surface area contributed by atoms with Crippen LogP contribution in [0.4, 0.5) is 0 Å². The first-order valence-corrected chi connectivity index (χ1v) is 4.99. The third-order valence-corrected chi connectivity index (χ3v) is 1.80. The van der Waals surface area contributed by atoms with E-state index in [-0.39, 0.29) is 25.1 Å². The Morgan fingerprint density at radius 3 is 2.47 bits per heavy atom. The lowest BCUT2D eigenvalue weighted by atomic mass is 10.3. The Bertz CT molecular complexity index is 245. The van der Waals surface area contributed by atoms with Gasteiger partial charge >= 0.3 is 11.9 Å². The average molecular weight is 214 g/mol. The van der Waals surface area contributed by atoms with E-state index in [0.29, 0.717) is 5.57 Å². The number of ether oxygens (including phenoxy) is 2. The molecule has 0 aliphatic carbocycles. The average Bonchev–Trinajstić information content (AvgIpc) is 2.17. The van der Waals surface area contributed by atoms with E-state index >= 15 is 0 Å². The van der Waals surface area contributed by atoms with Gasteiger partial charge in [-0.1, -0.05) is 13.5 Å². The van der Waals surface area contributed by atoms with Crippen molar-refractivity contribution in [1.82, 2.24) is 0 Å². The first-order valence-electron chi connectivity index (χ1n) is 4.99. The fourth-order valence-corrected chi connectivity index (χ4v) is 0.717. The molecule has 0 saturated heterocycles. The van der Waals surface area contributed by atoms with Crippen LogP contribution in [0.25, 0.3) is 0 Å². The van der Waals surface area contributed by atoms with Crippen molar-refractivity contribution in [3.8, 4) is 0 Å². The van der Waals surface area contributed by atoms with Crippen LogP contribution in [0.3, 0.4) is 0 Å². The molecule has 0 heterocycles. The van der Waals surface area contributed by atoms with E-state index in [4.69, 9.17) is 9.47 Å². The van der Waals surface area contributed by atoms with Gasteiger partial charge < -0.3 is 9.47 Å². The molecule has 0 aliphatic rings. The number of rotatable bonds is 6. The molecule has 0 bridgehead atoms. The lowest BCUT2D eigenvalue weighted by molar-refractivity contribution is -0.151. The van der Waals surface area contributed by atoms with Gasteiger partial charge in [-0.25, -0.2) is 4.79 Å². The van der Waals surface area contributed by atoms with Gasteiger partial charge in [0.1, 0.15) is 6.61 Å². The van der Waals surface area contributed by atoms with E-state index in [2.05, 4.69) is 6.58 Å². The Balaban J connectivity index is 3.64. The number of carbonyl (C=O) groups excluding carboxylic acids is 2. The number of carbonyl (C=O) groups is 2. The lowest BCUT2D eigenvalue weighted by Crippen LogP contribution is -2.16. The van der Waals surface area contributed by atoms with Crippen LogP contribution in [0.15, 0.2) is 12.2 Å². The predicted molar refractivity (Wildman–Crippen MR) is 56.2 cm³/mol. The minimum absolute atomic E-state index is 0.0426. The highest BCUT2D eigenvalue weighted by atomic mass is 16.6. The van der Waals surface area contributed by atoms with Crippen LogP contribution in [0.2, 0.25) is 0 Å². The highest BCUT2D eigenvalue weighted by Gasteiger charge is 2.09. The summed E-state index contributed by atoms with van der Waals surface area (Å²) in [6.07, 6.45) is 0.773. The van der Waals surface area contributed by atoms with Crippen molar-refractivity contribution in [1.29, 1.82) is 0 Å². The summed E-state index contributed by atoms with van der Waals surface area (Å²) in [6.45, 7) is 8.77. The Morgan fingerprint density at radius 2 is 2.00 bits per heavy atom. The Kier molecular flexibility index (Phi) is 6.42. The second-order valence-electron chi connectivity index (χ2n) is 3.37. The van der Waals surface area contributed by atoms with Gasteiger partial charge in [0.15, 0.2) is 0 Å². The normalized spacial score (nSPS) is 11.7. The molecule has 86 valence electrons. The van der Waals surface area contributed by atoms with Gasteiger partial charge in [0.05, 0.1) is 12.5 Å². The maximum atomic E-state index is 11.1. The summed E-state index contributed by atoms with van der Waals surface area (Å²) in [7, 11) is 0. The van der Waals surface area contributed by atoms with Gasteiger partial charge in [0, 0.05) is 5.57 Å². The zero-order valence-electron chi connectivity index (χ0n) is 9.54. The van der Waals surface area contributed by atoms with Crippen LogP contribution in [-0.2, 0) is 19.1 Å². The molecule has 0 spiro atoms. The molecule has 4 heteroatoms. The standard InChI is InChI=1S/C11H18O4/c1-5-9(4)15-10(12)6-7-14-11(13)8(2)3/h9H,2,5-7H2,1,3-4H3. The van der Waals surface area contributed by atoms with Crippen molar-refractivity contribution in [3.05, 3.63) is 12.2 Å². The molecule has 0 aromatic carbocycles. The molecule has 1 atom stereocenters. The zero-order valence-corrected chi connectivity index (χ0v) is 9.54. The molecular weight excluding hydrogens is 196 g/mol. The Hall–Kier alpha value is -1.32. The summed E-state index contributed by atoms with van der Waals surface area (Å²) in [5.74, 6) is -0.829. The van der Waals surface area contributed by atoms with E-state index < -0.39 is 5.97 Å². The quantitative estimate of drug-likeness (QED) is 0.500. The summed E-state index contributed by atoms with van der Waals surface area (Å²) in [5, 5.41) is 0. The number of esters is 2. The van der Waals surface area contributed by atoms with Crippen molar-refractivity contribution in [3.63, 3.8) is 0 Å². The third kappa shape index (κ3) is 6.71. The molecule has 0 aromatic heterocycles. The largest absolute Gasteiger partial charge is 0.463 e. The van der Waals surface area contributed by atoms with Crippen LogP contribution < -0.4 is 0 Å². The van der Waals surface area contributed by atoms with E-state index in [9.17, 15) is 9.59 Å². The van der Waals surface area contributed by atoms with E-state index in [1.54, 1.807) is 6.92 Å². The van der Waals surface area contributed by atoms with Gasteiger partial charge in [-0.15, -0.1) is 0 Å². The molecule has 0 aromatic rings. The van der Waals surface area contributed by atoms with Crippen LogP contribution >= 0.6 is 0 Å². The molecule has 0 rings (SSSR count). The molecule has 4 nitrogen and oxygen atoms in total. The smallest absolute Gasteiger partial charge is 0.333 e. The summed E-state index contributed by atoms with van der Waals surface area (Å²) < 4.78 is 9.74. The summed E-state index contributed by atoms with van der Waals surface area (Å²) in [6, 6.07) is 0. The zero-order chi connectivity index (χ0) is 11.8. The monoisotopic (exact) mass is 214 g/mol. The van der Waals surface area contributed by atoms with Crippen molar-refractivity contribution >= 4 is 11.9 Å². The van der Waals surface area contributed by atoms with Crippen molar-refractivity contribution < 1.29 is 19.1 Å². The minimum Gasteiger partial charge on any atom is -0.463 e. The minimum atomic E-state index is -0.480. The molecule has 0 amide bonds. The molecule has 0 N–H and O–H groups in total. The molecule has 0 saturated carbocycles. The highest BCUT2D eigenvalue weighted by molar-refractivity contribution is 5.87. The van der Waals surface area contributed by atoms with Crippen LogP contribution in [0.1, 0.15) is 33.6 Å². The molecule has 0 fully saturated rings. The molecule has 1 unspecified atom stereocenters. The summed E-state index contributed by atoms with van der Waals surface area (Å²) in [4.78, 5) is 22.1. The van der Waals surface area contributed by atoms with Gasteiger partial charge in [-0.3, -0.25) is 4.79 Å².